The zero-order valence-corrected chi connectivity index (χ0v) is 12.1. The monoisotopic (exact) mass is 298 g/mol. The highest BCUT2D eigenvalue weighted by atomic mass is 19.1. The van der Waals surface area contributed by atoms with Gasteiger partial charge in [-0.1, -0.05) is 0 Å². The van der Waals surface area contributed by atoms with Crippen molar-refractivity contribution in [3.8, 4) is 17.0 Å². The molecule has 1 aromatic carbocycles. The van der Waals surface area contributed by atoms with Gasteiger partial charge in [0.25, 0.3) is 0 Å². The lowest BCUT2D eigenvalue weighted by Crippen LogP contribution is -2.48. The molecular formula is C16H15FN4O. The maximum atomic E-state index is 13.0. The molecule has 0 unspecified atom stereocenters. The molecule has 1 fully saturated rings. The van der Waals surface area contributed by atoms with Crippen molar-refractivity contribution in [2.75, 3.05) is 25.1 Å². The fourth-order valence-electron chi connectivity index (χ4n) is 2.55. The molecule has 0 radical (unpaired) electrons. The van der Waals surface area contributed by atoms with Gasteiger partial charge in [-0.05, 0) is 30.3 Å². The summed E-state index contributed by atoms with van der Waals surface area (Å²) >= 11 is 0. The molecule has 1 aliphatic rings. The molecule has 112 valence electrons. The molecule has 0 atom stereocenters. The largest absolute Gasteiger partial charge is 0.497 e. The van der Waals surface area contributed by atoms with E-state index < -0.39 is 6.17 Å². The van der Waals surface area contributed by atoms with E-state index in [1.807, 2.05) is 52.0 Å². The first kappa shape index (κ1) is 13.1. The van der Waals surface area contributed by atoms with Gasteiger partial charge in [0.1, 0.15) is 17.7 Å². The lowest BCUT2D eigenvalue weighted by Gasteiger charge is -2.35. The Morgan fingerprint density at radius 1 is 1.14 bits per heavy atom. The highest BCUT2D eigenvalue weighted by Gasteiger charge is 2.27. The molecule has 0 aliphatic carbocycles. The van der Waals surface area contributed by atoms with Crippen molar-refractivity contribution in [1.29, 1.82) is 0 Å². The van der Waals surface area contributed by atoms with E-state index in [2.05, 4.69) is 9.97 Å². The Hall–Kier alpha value is -2.63. The molecule has 1 saturated heterocycles. The average Bonchev–Trinajstić information content (AvgIpc) is 2.95. The molecule has 22 heavy (non-hydrogen) atoms. The van der Waals surface area contributed by atoms with E-state index in [0.717, 1.165) is 22.8 Å². The minimum absolute atomic E-state index is 0.412. The molecule has 6 heteroatoms. The van der Waals surface area contributed by atoms with Crippen LogP contribution in [0.15, 0.2) is 42.7 Å². The Balaban J connectivity index is 1.67. The van der Waals surface area contributed by atoms with Crippen LogP contribution < -0.4 is 9.64 Å². The van der Waals surface area contributed by atoms with Crippen LogP contribution in [0, 0.1) is 0 Å². The van der Waals surface area contributed by atoms with E-state index >= 15 is 0 Å². The second kappa shape index (κ2) is 4.98. The van der Waals surface area contributed by atoms with E-state index in [-0.39, 0.29) is 0 Å². The van der Waals surface area contributed by atoms with Crippen molar-refractivity contribution in [2.24, 2.45) is 0 Å². The number of nitrogens with zero attached hydrogens (tertiary/aromatic N) is 4. The summed E-state index contributed by atoms with van der Waals surface area (Å²) in [6.45, 7) is 0.824. The summed E-state index contributed by atoms with van der Waals surface area (Å²) < 4.78 is 20.0. The third kappa shape index (κ3) is 2.16. The van der Waals surface area contributed by atoms with Gasteiger partial charge in [0, 0.05) is 18.0 Å². The molecule has 0 saturated carbocycles. The quantitative estimate of drug-likeness (QED) is 0.745. The average molecular weight is 298 g/mol. The first-order valence-electron chi connectivity index (χ1n) is 7.12. The number of methoxy groups -OCH3 is 1. The maximum absolute atomic E-state index is 13.0. The summed E-state index contributed by atoms with van der Waals surface area (Å²) in [5.74, 6) is 2.20. The molecule has 0 amide bonds. The Labute approximate surface area is 127 Å². The lowest BCUT2D eigenvalue weighted by atomic mass is 10.2. The Kier molecular flexibility index (Phi) is 2.96. The van der Waals surface area contributed by atoms with E-state index in [4.69, 9.17) is 4.74 Å². The fraction of sp³-hybridized carbons (Fsp3) is 0.250. The minimum atomic E-state index is -0.743. The van der Waals surface area contributed by atoms with Gasteiger partial charge in [0.2, 0.25) is 5.78 Å². The van der Waals surface area contributed by atoms with Crippen molar-refractivity contribution in [3.63, 3.8) is 0 Å². The number of halogens is 1. The minimum Gasteiger partial charge on any atom is -0.497 e. The molecule has 0 spiro atoms. The smallest absolute Gasteiger partial charge is 0.236 e. The van der Waals surface area contributed by atoms with Crippen molar-refractivity contribution < 1.29 is 9.13 Å². The number of hydrogen-bond donors (Lipinski definition) is 0. The van der Waals surface area contributed by atoms with Gasteiger partial charge >= 0.3 is 0 Å². The number of imidazole rings is 1. The molecule has 0 N–H and O–H groups in total. The van der Waals surface area contributed by atoms with Gasteiger partial charge in [-0.2, -0.15) is 4.98 Å². The molecule has 3 heterocycles. The van der Waals surface area contributed by atoms with Gasteiger partial charge in [0.05, 0.1) is 25.9 Å². The van der Waals surface area contributed by atoms with Gasteiger partial charge in [-0.3, -0.25) is 4.40 Å². The second-order valence-corrected chi connectivity index (χ2v) is 5.35. The molecule has 1 aliphatic heterocycles. The van der Waals surface area contributed by atoms with Gasteiger partial charge in [-0.25, -0.2) is 9.37 Å². The molecular weight excluding hydrogens is 283 g/mol. The Morgan fingerprint density at radius 2 is 1.91 bits per heavy atom. The third-order valence-electron chi connectivity index (χ3n) is 3.86. The lowest BCUT2D eigenvalue weighted by molar-refractivity contribution is 0.273. The van der Waals surface area contributed by atoms with E-state index in [1.54, 1.807) is 7.11 Å². The number of benzene rings is 1. The number of ether oxygens (including phenoxy) is 1. The summed E-state index contributed by atoms with van der Waals surface area (Å²) in [5.41, 5.74) is 1.85. The summed E-state index contributed by atoms with van der Waals surface area (Å²) in [4.78, 5) is 11.0. The number of anilines is 1. The number of hydrogen-bond acceptors (Lipinski definition) is 4. The van der Waals surface area contributed by atoms with E-state index in [9.17, 15) is 4.39 Å². The topological polar surface area (TPSA) is 42.7 Å². The third-order valence-corrected chi connectivity index (χ3v) is 3.86. The standard InChI is InChI=1S/C16H15FN4O/c1-22-13-4-2-11(3-5-13)14-10-20-7-6-15(19-16(20)18-14)21-8-12(17)9-21/h2-7,10,12H,8-9H2,1H3. The van der Waals surface area contributed by atoms with Crippen LogP contribution in [0.1, 0.15) is 0 Å². The van der Waals surface area contributed by atoms with E-state index in [0.29, 0.717) is 18.9 Å². The predicted octanol–water partition coefficient (Wildman–Crippen LogP) is 2.56. The van der Waals surface area contributed by atoms with Crippen LogP contribution in [-0.2, 0) is 0 Å². The number of fused-ring (bicyclic) bond motifs is 1. The second-order valence-electron chi connectivity index (χ2n) is 5.35. The zero-order chi connectivity index (χ0) is 15.1. The first-order valence-corrected chi connectivity index (χ1v) is 7.12. The van der Waals surface area contributed by atoms with E-state index in [1.165, 1.54) is 0 Å². The predicted molar refractivity (Wildman–Crippen MR) is 82.1 cm³/mol. The molecule has 2 aromatic heterocycles. The Morgan fingerprint density at radius 3 is 2.59 bits per heavy atom. The van der Waals surface area contributed by atoms with Crippen molar-refractivity contribution in [2.45, 2.75) is 6.17 Å². The normalized spacial score (nSPS) is 15.1. The van der Waals surface area contributed by atoms with Crippen LogP contribution in [0.3, 0.4) is 0 Å². The summed E-state index contributed by atoms with van der Waals surface area (Å²) in [5, 5.41) is 0. The highest BCUT2D eigenvalue weighted by Crippen LogP contribution is 2.24. The van der Waals surface area contributed by atoms with Crippen LogP contribution >= 0.6 is 0 Å². The zero-order valence-electron chi connectivity index (χ0n) is 12.1. The molecule has 0 bridgehead atoms. The number of rotatable bonds is 3. The highest BCUT2D eigenvalue weighted by molar-refractivity contribution is 5.63. The first-order chi connectivity index (χ1) is 10.7. The van der Waals surface area contributed by atoms with Crippen LogP contribution in [0.2, 0.25) is 0 Å². The molecule has 4 rings (SSSR count). The van der Waals surface area contributed by atoms with Gasteiger partial charge in [-0.15, -0.1) is 0 Å². The van der Waals surface area contributed by atoms with Crippen LogP contribution in [0.4, 0.5) is 10.2 Å². The number of alkyl halides is 1. The fourth-order valence-corrected chi connectivity index (χ4v) is 2.55. The summed E-state index contributed by atoms with van der Waals surface area (Å²) in [7, 11) is 1.64. The van der Waals surface area contributed by atoms with Gasteiger partial charge < -0.3 is 9.64 Å². The van der Waals surface area contributed by atoms with Crippen molar-refractivity contribution in [1.82, 2.24) is 14.4 Å². The maximum Gasteiger partial charge on any atom is 0.236 e. The molecule has 5 nitrogen and oxygen atoms in total. The van der Waals surface area contributed by atoms with Crippen LogP contribution in [0.25, 0.3) is 17.0 Å². The summed E-state index contributed by atoms with van der Waals surface area (Å²) in [6, 6.07) is 9.62. The Bertz CT molecular complexity index is 809. The number of aromatic nitrogens is 3. The summed E-state index contributed by atoms with van der Waals surface area (Å²) in [6.07, 6.45) is 3.10. The van der Waals surface area contributed by atoms with Crippen LogP contribution in [-0.4, -0.2) is 40.7 Å². The van der Waals surface area contributed by atoms with Gasteiger partial charge in [0.15, 0.2) is 0 Å². The SMILES string of the molecule is COc1ccc(-c2cn3ccc(N4CC(F)C4)nc3n2)cc1. The van der Waals surface area contributed by atoms with Crippen molar-refractivity contribution in [3.05, 3.63) is 42.7 Å². The van der Waals surface area contributed by atoms with Crippen molar-refractivity contribution >= 4 is 11.6 Å². The van der Waals surface area contributed by atoms with Crippen LogP contribution in [0.5, 0.6) is 5.75 Å². The molecule has 3 aromatic rings.